The molecule has 4 heteroatoms. The van der Waals surface area contributed by atoms with Crippen LogP contribution >= 0.6 is 0 Å². The zero-order valence-electron chi connectivity index (χ0n) is 12.0. The Hall–Kier alpha value is -0.160. The van der Waals surface area contributed by atoms with Crippen LogP contribution in [-0.4, -0.2) is 62.0 Å². The summed E-state index contributed by atoms with van der Waals surface area (Å²) in [4.78, 5) is 2.59. The van der Waals surface area contributed by atoms with Crippen molar-refractivity contribution in [1.29, 1.82) is 0 Å². The number of fused-ring (bicyclic) bond motifs is 1. The second-order valence-electron chi connectivity index (χ2n) is 5.71. The monoisotopic (exact) mass is 256 g/mol. The van der Waals surface area contributed by atoms with Gasteiger partial charge in [0.25, 0.3) is 0 Å². The summed E-state index contributed by atoms with van der Waals surface area (Å²) in [5, 5.41) is 3.51. The molecule has 1 N–H and O–H groups in total. The zero-order valence-corrected chi connectivity index (χ0v) is 12.0. The average molecular weight is 256 g/mol. The summed E-state index contributed by atoms with van der Waals surface area (Å²) < 4.78 is 11.8. The second-order valence-corrected chi connectivity index (χ2v) is 5.71. The van der Waals surface area contributed by atoms with Gasteiger partial charge in [0.1, 0.15) is 0 Å². The lowest BCUT2D eigenvalue weighted by Gasteiger charge is -2.39. The van der Waals surface area contributed by atoms with Crippen molar-refractivity contribution in [1.82, 2.24) is 10.2 Å². The largest absolute Gasteiger partial charge is 0.377 e. The van der Waals surface area contributed by atoms with Crippen LogP contribution in [0.2, 0.25) is 0 Å². The van der Waals surface area contributed by atoms with E-state index < -0.39 is 0 Å². The first-order valence-corrected chi connectivity index (χ1v) is 7.41. The maximum atomic E-state index is 6.05. The van der Waals surface area contributed by atoms with Crippen LogP contribution in [0, 0.1) is 0 Å². The third-order valence-electron chi connectivity index (χ3n) is 3.94. The van der Waals surface area contributed by atoms with Crippen LogP contribution in [0.25, 0.3) is 0 Å². The molecule has 0 aromatic carbocycles. The molecule has 2 saturated heterocycles. The first-order chi connectivity index (χ1) is 8.70. The molecule has 2 heterocycles. The van der Waals surface area contributed by atoms with Gasteiger partial charge in [-0.25, -0.2) is 0 Å². The van der Waals surface area contributed by atoms with E-state index in [0.29, 0.717) is 12.1 Å². The Balaban J connectivity index is 1.85. The fraction of sp³-hybridized carbons (Fsp3) is 1.00. The molecule has 106 valence electrons. The van der Waals surface area contributed by atoms with Gasteiger partial charge in [-0.2, -0.15) is 0 Å². The fourth-order valence-corrected chi connectivity index (χ4v) is 2.94. The van der Waals surface area contributed by atoms with Crippen LogP contribution in [0.15, 0.2) is 0 Å². The molecule has 0 bridgehead atoms. The van der Waals surface area contributed by atoms with E-state index in [1.54, 1.807) is 0 Å². The molecule has 2 fully saturated rings. The maximum absolute atomic E-state index is 6.05. The number of rotatable bonds is 6. The van der Waals surface area contributed by atoms with Crippen LogP contribution in [0.5, 0.6) is 0 Å². The van der Waals surface area contributed by atoms with E-state index in [2.05, 4.69) is 31.0 Å². The topological polar surface area (TPSA) is 33.7 Å². The smallest absolute Gasteiger partial charge is 0.0878 e. The number of morpholine rings is 1. The van der Waals surface area contributed by atoms with E-state index in [-0.39, 0.29) is 12.2 Å². The van der Waals surface area contributed by atoms with Crippen molar-refractivity contribution < 1.29 is 9.47 Å². The van der Waals surface area contributed by atoms with Crippen LogP contribution in [0.4, 0.5) is 0 Å². The van der Waals surface area contributed by atoms with Crippen molar-refractivity contribution in [3.05, 3.63) is 0 Å². The van der Waals surface area contributed by atoms with Gasteiger partial charge >= 0.3 is 0 Å². The molecule has 0 spiro atoms. The summed E-state index contributed by atoms with van der Waals surface area (Å²) >= 11 is 0. The minimum absolute atomic E-state index is 0.276. The molecule has 2 aliphatic rings. The van der Waals surface area contributed by atoms with Gasteiger partial charge < -0.3 is 14.8 Å². The van der Waals surface area contributed by atoms with E-state index in [0.717, 1.165) is 26.3 Å². The van der Waals surface area contributed by atoms with Gasteiger partial charge in [0, 0.05) is 12.6 Å². The second kappa shape index (κ2) is 6.85. The molecule has 3 unspecified atom stereocenters. The summed E-state index contributed by atoms with van der Waals surface area (Å²) in [6.07, 6.45) is 3.20. The number of ether oxygens (including phenoxy) is 2. The van der Waals surface area contributed by atoms with Crippen LogP contribution in [0.1, 0.15) is 33.6 Å². The summed E-state index contributed by atoms with van der Waals surface area (Å²) in [5.41, 5.74) is 0. The first kappa shape index (κ1) is 14.3. The predicted octanol–water partition coefficient (Wildman–Crippen LogP) is 1.25. The van der Waals surface area contributed by atoms with E-state index in [1.165, 1.54) is 19.4 Å². The molecule has 0 aromatic heterocycles. The molecule has 0 aliphatic carbocycles. The summed E-state index contributed by atoms with van der Waals surface area (Å²) in [6.45, 7) is 11.2. The van der Waals surface area contributed by atoms with Crippen molar-refractivity contribution >= 4 is 0 Å². The van der Waals surface area contributed by atoms with Crippen molar-refractivity contribution in [2.75, 3.05) is 32.8 Å². The molecule has 0 saturated carbocycles. The molecule has 4 nitrogen and oxygen atoms in total. The highest BCUT2D eigenvalue weighted by molar-refractivity contribution is 4.90. The Morgan fingerprint density at radius 1 is 1.44 bits per heavy atom. The molecule has 0 aromatic rings. The highest BCUT2D eigenvalue weighted by Gasteiger charge is 2.35. The van der Waals surface area contributed by atoms with Gasteiger partial charge in [0.2, 0.25) is 0 Å². The highest BCUT2D eigenvalue weighted by Crippen LogP contribution is 2.23. The summed E-state index contributed by atoms with van der Waals surface area (Å²) in [6, 6.07) is 0.994. The Morgan fingerprint density at radius 3 is 3.00 bits per heavy atom. The lowest BCUT2D eigenvalue weighted by molar-refractivity contribution is -0.0808. The van der Waals surface area contributed by atoms with E-state index in [9.17, 15) is 0 Å². The van der Waals surface area contributed by atoms with Crippen molar-refractivity contribution in [3.8, 4) is 0 Å². The molecule has 2 aliphatic heterocycles. The standard InChI is InChI=1S/C14H28N2O2/c1-4-15-13(10-17-11(2)3)14-8-16-7-5-6-12(16)9-18-14/h11-15H,4-10H2,1-3H3. The Morgan fingerprint density at radius 2 is 2.28 bits per heavy atom. The Kier molecular flexibility index (Phi) is 5.42. The normalized spacial score (nSPS) is 30.7. The van der Waals surface area contributed by atoms with Gasteiger partial charge in [0.05, 0.1) is 31.5 Å². The summed E-state index contributed by atoms with van der Waals surface area (Å²) in [5.74, 6) is 0. The average Bonchev–Trinajstić information content (AvgIpc) is 2.81. The van der Waals surface area contributed by atoms with E-state index >= 15 is 0 Å². The number of nitrogens with zero attached hydrogens (tertiary/aromatic N) is 1. The minimum atomic E-state index is 0.276. The van der Waals surface area contributed by atoms with Gasteiger partial charge in [0.15, 0.2) is 0 Å². The predicted molar refractivity (Wildman–Crippen MR) is 72.9 cm³/mol. The maximum Gasteiger partial charge on any atom is 0.0878 e. The van der Waals surface area contributed by atoms with Crippen LogP contribution in [0.3, 0.4) is 0 Å². The third kappa shape index (κ3) is 3.67. The van der Waals surface area contributed by atoms with Crippen molar-refractivity contribution in [3.63, 3.8) is 0 Å². The molecular formula is C14H28N2O2. The lowest BCUT2D eigenvalue weighted by Crippen LogP contribution is -2.55. The zero-order chi connectivity index (χ0) is 13.0. The molecule has 18 heavy (non-hydrogen) atoms. The Bertz CT molecular complexity index is 248. The van der Waals surface area contributed by atoms with Gasteiger partial charge in [-0.3, -0.25) is 4.90 Å². The van der Waals surface area contributed by atoms with Crippen molar-refractivity contribution in [2.24, 2.45) is 0 Å². The third-order valence-corrected chi connectivity index (χ3v) is 3.94. The molecule has 0 radical (unpaired) electrons. The van der Waals surface area contributed by atoms with Crippen LogP contribution < -0.4 is 5.32 Å². The van der Waals surface area contributed by atoms with E-state index in [1.807, 2.05) is 0 Å². The Labute approximate surface area is 111 Å². The van der Waals surface area contributed by atoms with Crippen LogP contribution in [-0.2, 0) is 9.47 Å². The first-order valence-electron chi connectivity index (χ1n) is 7.41. The minimum Gasteiger partial charge on any atom is -0.377 e. The number of hydrogen-bond donors (Lipinski definition) is 1. The molecule has 0 amide bonds. The number of likely N-dealkylation sites (N-methyl/N-ethyl adjacent to an activating group) is 1. The highest BCUT2D eigenvalue weighted by atomic mass is 16.5. The quantitative estimate of drug-likeness (QED) is 0.775. The van der Waals surface area contributed by atoms with Gasteiger partial charge in [-0.05, 0) is 39.8 Å². The van der Waals surface area contributed by atoms with Gasteiger partial charge in [-0.1, -0.05) is 6.92 Å². The number of nitrogens with one attached hydrogen (secondary N) is 1. The summed E-state index contributed by atoms with van der Waals surface area (Å²) in [7, 11) is 0. The van der Waals surface area contributed by atoms with Crippen molar-refractivity contribution in [2.45, 2.75) is 57.9 Å². The van der Waals surface area contributed by atoms with Gasteiger partial charge in [-0.15, -0.1) is 0 Å². The molecular weight excluding hydrogens is 228 g/mol. The van der Waals surface area contributed by atoms with E-state index in [4.69, 9.17) is 9.47 Å². The fourth-order valence-electron chi connectivity index (χ4n) is 2.94. The number of hydrogen-bond acceptors (Lipinski definition) is 4. The molecule has 3 atom stereocenters. The molecule has 2 rings (SSSR count). The SMILES string of the molecule is CCNC(COC(C)C)C1CN2CCCC2CO1. The lowest BCUT2D eigenvalue weighted by atomic mass is 10.1.